The predicted molar refractivity (Wildman–Crippen MR) is 148 cm³/mol. The summed E-state index contributed by atoms with van der Waals surface area (Å²) in [6, 6.07) is 30.3. The van der Waals surface area contributed by atoms with E-state index in [0.717, 1.165) is 45.6 Å². The van der Waals surface area contributed by atoms with Gasteiger partial charge in [-0.15, -0.1) is 0 Å². The molecular formula is C33H33N2O3+. The van der Waals surface area contributed by atoms with Crippen LogP contribution in [0.4, 0.5) is 0 Å². The Balaban J connectivity index is 0.000000433. The van der Waals surface area contributed by atoms with E-state index in [9.17, 15) is 10.0 Å². The molecule has 1 amide bonds. The summed E-state index contributed by atoms with van der Waals surface area (Å²) in [5, 5.41) is 10.4. The molecule has 1 N–H and O–H groups in total. The molecule has 1 atom stereocenters. The summed E-state index contributed by atoms with van der Waals surface area (Å²) in [4.78, 5) is 15.0. The van der Waals surface area contributed by atoms with Crippen molar-refractivity contribution in [2.24, 2.45) is 0 Å². The van der Waals surface area contributed by atoms with E-state index < -0.39 is 0 Å². The smallest absolute Gasteiger partial charge is 0.227 e. The quantitative estimate of drug-likeness (QED) is 0.233. The first-order chi connectivity index (χ1) is 18.5. The Kier molecular flexibility index (Phi) is 7.55. The lowest BCUT2D eigenvalue weighted by Gasteiger charge is -2.29. The van der Waals surface area contributed by atoms with Gasteiger partial charge in [0, 0.05) is 41.3 Å². The van der Waals surface area contributed by atoms with Gasteiger partial charge < -0.3 is 9.32 Å². The van der Waals surface area contributed by atoms with Crippen LogP contribution in [0.25, 0.3) is 11.0 Å². The highest BCUT2D eigenvalue weighted by atomic mass is 16.5. The summed E-state index contributed by atoms with van der Waals surface area (Å²) in [6.07, 6.45) is 4.53. The van der Waals surface area contributed by atoms with Crippen molar-refractivity contribution in [2.75, 3.05) is 6.54 Å². The minimum Gasteiger partial charge on any atom is -0.460 e. The number of rotatable bonds is 4. The fourth-order valence-electron chi connectivity index (χ4n) is 4.89. The molecule has 0 saturated carbocycles. The second-order valence-electron chi connectivity index (χ2n) is 9.92. The standard InChI is InChI=1S/C27H27N2O3.C6H6/c1-18-3-5-23-17-28(10-7-22(23)13-18)27(30)15-20-4-6-25-24(14-20)16-26(32-25)19(2)21-8-11-29(31)12-9-21;1-2-4-6-5-3-1/h3-6,8-9,11-14,16,19,31H,7,10,15,17H2,1-2H3;1-6H/q+1;. The molecule has 192 valence electrons. The molecule has 0 spiro atoms. The van der Waals surface area contributed by atoms with Crippen molar-refractivity contribution in [3.63, 3.8) is 0 Å². The predicted octanol–water partition coefficient (Wildman–Crippen LogP) is 6.23. The second kappa shape index (κ2) is 11.3. The highest BCUT2D eigenvalue weighted by molar-refractivity contribution is 5.83. The molecule has 5 nitrogen and oxygen atoms in total. The number of benzene rings is 3. The summed E-state index contributed by atoms with van der Waals surface area (Å²) in [5.74, 6) is 1.09. The van der Waals surface area contributed by atoms with Crippen LogP contribution < -0.4 is 4.73 Å². The van der Waals surface area contributed by atoms with Crippen LogP contribution in [0.1, 0.15) is 46.4 Å². The van der Waals surface area contributed by atoms with Gasteiger partial charge in [-0.25, -0.2) is 0 Å². The number of pyridine rings is 1. The van der Waals surface area contributed by atoms with Crippen LogP contribution in [0, 0.1) is 6.92 Å². The van der Waals surface area contributed by atoms with Gasteiger partial charge in [0.25, 0.3) is 0 Å². The van der Waals surface area contributed by atoms with Crippen LogP contribution in [0.5, 0.6) is 0 Å². The van der Waals surface area contributed by atoms with Crippen molar-refractivity contribution in [2.45, 2.75) is 39.2 Å². The number of carbonyl (C=O) groups excluding carboxylic acids is 1. The Morgan fingerprint density at radius 2 is 1.66 bits per heavy atom. The molecule has 6 rings (SSSR count). The molecule has 5 heteroatoms. The summed E-state index contributed by atoms with van der Waals surface area (Å²) >= 11 is 0. The maximum atomic E-state index is 13.0. The fourth-order valence-corrected chi connectivity index (χ4v) is 4.89. The van der Waals surface area contributed by atoms with Crippen molar-refractivity contribution in [3.8, 4) is 0 Å². The molecule has 0 radical (unpaired) electrons. The molecule has 1 unspecified atom stereocenters. The van der Waals surface area contributed by atoms with Gasteiger partial charge in [0.15, 0.2) is 0 Å². The summed E-state index contributed by atoms with van der Waals surface area (Å²) < 4.78 is 7.10. The van der Waals surface area contributed by atoms with Gasteiger partial charge in [-0.05, 0) is 53.8 Å². The zero-order chi connectivity index (χ0) is 26.5. The van der Waals surface area contributed by atoms with E-state index in [1.54, 1.807) is 12.4 Å². The van der Waals surface area contributed by atoms with E-state index in [2.05, 4.69) is 38.1 Å². The maximum Gasteiger partial charge on any atom is 0.227 e. The van der Waals surface area contributed by atoms with Gasteiger partial charge in [-0.1, -0.05) is 73.2 Å². The van der Waals surface area contributed by atoms with E-state index in [1.165, 1.54) is 16.7 Å². The minimum atomic E-state index is 0.0609. The highest BCUT2D eigenvalue weighted by Crippen LogP contribution is 2.30. The second-order valence-corrected chi connectivity index (χ2v) is 9.92. The number of nitrogens with zero attached hydrogens (tertiary/aromatic N) is 2. The Labute approximate surface area is 223 Å². The molecule has 1 aliphatic rings. The number of carbonyl (C=O) groups is 1. The third-order valence-corrected chi connectivity index (χ3v) is 7.11. The third kappa shape index (κ3) is 5.94. The summed E-state index contributed by atoms with van der Waals surface area (Å²) in [7, 11) is 0. The zero-order valence-electron chi connectivity index (χ0n) is 21.9. The molecule has 1 aliphatic heterocycles. The van der Waals surface area contributed by atoms with Gasteiger partial charge in [-0.3, -0.25) is 10.0 Å². The van der Waals surface area contributed by atoms with E-state index in [1.807, 2.05) is 71.6 Å². The van der Waals surface area contributed by atoms with Crippen LogP contribution in [0.3, 0.4) is 0 Å². The Morgan fingerprint density at radius 1 is 0.947 bits per heavy atom. The molecular weight excluding hydrogens is 472 g/mol. The van der Waals surface area contributed by atoms with Crippen molar-refractivity contribution < 1.29 is 19.1 Å². The van der Waals surface area contributed by atoms with Crippen LogP contribution in [-0.4, -0.2) is 22.6 Å². The SMILES string of the molecule is Cc1ccc2c(c1)CCN(C(=O)Cc1ccc3oc(C(C)c4cc[n+](O)cc4)cc3c1)C2.c1ccccc1. The summed E-state index contributed by atoms with van der Waals surface area (Å²) in [5.41, 5.74) is 6.77. The van der Waals surface area contributed by atoms with Crippen LogP contribution in [0.15, 0.2) is 108 Å². The van der Waals surface area contributed by atoms with Crippen LogP contribution >= 0.6 is 0 Å². The van der Waals surface area contributed by atoms with E-state index >= 15 is 0 Å². The van der Waals surface area contributed by atoms with E-state index in [4.69, 9.17) is 4.42 Å². The Morgan fingerprint density at radius 3 is 2.37 bits per heavy atom. The fraction of sp³-hybridized carbons (Fsp3) is 0.212. The third-order valence-electron chi connectivity index (χ3n) is 7.11. The number of hydrogen-bond acceptors (Lipinski definition) is 3. The Bertz CT molecular complexity index is 1500. The van der Waals surface area contributed by atoms with Gasteiger partial charge in [0.05, 0.1) is 6.42 Å². The van der Waals surface area contributed by atoms with Crippen molar-refractivity contribution >= 4 is 16.9 Å². The molecule has 0 aliphatic carbocycles. The first kappa shape index (κ1) is 25.3. The number of hydrogen-bond donors (Lipinski definition) is 1. The van der Waals surface area contributed by atoms with E-state index in [0.29, 0.717) is 13.0 Å². The molecule has 0 saturated heterocycles. The van der Waals surface area contributed by atoms with E-state index in [-0.39, 0.29) is 11.8 Å². The molecule has 2 aromatic heterocycles. The maximum absolute atomic E-state index is 13.0. The number of furan rings is 1. The lowest BCUT2D eigenvalue weighted by molar-refractivity contribution is -0.904. The molecule has 5 aromatic rings. The van der Waals surface area contributed by atoms with Crippen LogP contribution in [0.2, 0.25) is 0 Å². The number of fused-ring (bicyclic) bond motifs is 2. The number of aromatic nitrogens is 1. The molecule has 3 aromatic carbocycles. The van der Waals surface area contributed by atoms with Gasteiger partial charge in [-0.2, -0.15) is 0 Å². The van der Waals surface area contributed by atoms with Crippen molar-refractivity contribution in [1.29, 1.82) is 0 Å². The first-order valence-electron chi connectivity index (χ1n) is 13.1. The van der Waals surface area contributed by atoms with Crippen molar-refractivity contribution in [1.82, 2.24) is 4.90 Å². The number of aryl methyl sites for hydroxylation is 1. The average Bonchev–Trinajstić information content (AvgIpc) is 3.37. The molecule has 3 heterocycles. The lowest BCUT2D eigenvalue weighted by atomic mass is 9.97. The minimum absolute atomic E-state index is 0.0609. The molecule has 0 bridgehead atoms. The number of amides is 1. The highest BCUT2D eigenvalue weighted by Gasteiger charge is 2.21. The zero-order valence-corrected chi connectivity index (χ0v) is 21.9. The largest absolute Gasteiger partial charge is 0.460 e. The molecule has 0 fully saturated rings. The average molecular weight is 506 g/mol. The summed E-state index contributed by atoms with van der Waals surface area (Å²) in [6.45, 7) is 5.65. The Hall–Kier alpha value is -4.38. The topological polar surface area (TPSA) is 57.6 Å². The lowest BCUT2D eigenvalue weighted by Crippen LogP contribution is -2.36. The van der Waals surface area contributed by atoms with Gasteiger partial charge in [0.2, 0.25) is 18.3 Å². The first-order valence-corrected chi connectivity index (χ1v) is 13.1. The monoisotopic (exact) mass is 505 g/mol. The van der Waals surface area contributed by atoms with Crippen molar-refractivity contribution in [3.05, 3.63) is 137 Å². The van der Waals surface area contributed by atoms with Gasteiger partial charge >= 0.3 is 0 Å². The van der Waals surface area contributed by atoms with Crippen LogP contribution in [-0.2, 0) is 24.2 Å². The molecule has 38 heavy (non-hydrogen) atoms. The van der Waals surface area contributed by atoms with Gasteiger partial charge in [0.1, 0.15) is 11.3 Å². The normalized spacial score (nSPS) is 13.4.